The molecule has 118 valence electrons. The first-order valence-electron chi connectivity index (χ1n) is 7.29. The van der Waals surface area contributed by atoms with Crippen molar-refractivity contribution in [2.75, 3.05) is 13.7 Å². The first-order chi connectivity index (χ1) is 9.65. The van der Waals surface area contributed by atoms with E-state index < -0.39 is 6.10 Å². The molecule has 1 aliphatic heterocycles. The van der Waals surface area contributed by atoms with Crippen molar-refractivity contribution in [1.29, 1.82) is 0 Å². The third kappa shape index (κ3) is 4.19. The Morgan fingerprint density at radius 3 is 2.57 bits per heavy atom. The van der Waals surface area contributed by atoms with Crippen LogP contribution in [0, 0.1) is 0 Å². The number of hydrogen-bond donors (Lipinski definition) is 1. The molecule has 0 aliphatic carbocycles. The van der Waals surface area contributed by atoms with Gasteiger partial charge in [-0.15, -0.1) is 12.4 Å². The number of nitrogens with two attached hydrogens (primary N) is 1. The predicted octanol–water partition coefficient (Wildman–Crippen LogP) is 2.52. The van der Waals surface area contributed by atoms with Gasteiger partial charge in [-0.25, -0.2) is 0 Å². The number of nitrogens with zero attached hydrogens (tertiary/aromatic N) is 1. The summed E-state index contributed by atoms with van der Waals surface area (Å²) in [5, 5.41) is 0. The Balaban J connectivity index is 0.00000220. The molecule has 5 heteroatoms. The fourth-order valence-corrected chi connectivity index (χ4v) is 2.94. The van der Waals surface area contributed by atoms with Gasteiger partial charge in [-0.3, -0.25) is 4.79 Å². The molecule has 1 aromatic rings. The summed E-state index contributed by atoms with van der Waals surface area (Å²) in [6.45, 7) is 2.75. The molecule has 1 heterocycles. The number of methoxy groups -OCH3 is 1. The Labute approximate surface area is 133 Å². The highest BCUT2D eigenvalue weighted by atomic mass is 35.5. The zero-order chi connectivity index (χ0) is 14.5. The average Bonchev–Trinajstić information content (AvgIpc) is 2.49. The molecule has 1 saturated heterocycles. The normalized spacial score (nSPS) is 21.3. The highest BCUT2D eigenvalue weighted by Gasteiger charge is 2.33. The van der Waals surface area contributed by atoms with Crippen molar-refractivity contribution in [3.63, 3.8) is 0 Å². The third-order valence-corrected chi connectivity index (χ3v) is 4.00. The molecule has 1 amide bonds. The summed E-state index contributed by atoms with van der Waals surface area (Å²) in [7, 11) is 1.58. The van der Waals surface area contributed by atoms with E-state index in [4.69, 9.17) is 10.5 Å². The largest absolute Gasteiger partial charge is 0.367 e. The Bertz CT molecular complexity index is 439. The van der Waals surface area contributed by atoms with Crippen LogP contribution in [0.1, 0.15) is 37.9 Å². The molecule has 1 aliphatic rings. The maximum absolute atomic E-state index is 12.8. The molecule has 21 heavy (non-hydrogen) atoms. The van der Waals surface area contributed by atoms with Crippen LogP contribution in [0.2, 0.25) is 0 Å². The van der Waals surface area contributed by atoms with E-state index in [1.807, 2.05) is 42.2 Å². The van der Waals surface area contributed by atoms with Gasteiger partial charge in [0, 0.05) is 25.7 Å². The minimum absolute atomic E-state index is 0. The van der Waals surface area contributed by atoms with Gasteiger partial charge in [0.15, 0.2) is 6.10 Å². The van der Waals surface area contributed by atoms with Crippen LogP contribution in [0.4, 0.5) is 0 Å². The third-order valence-electron chi connectivity index (χ3n) is 4.00. The van der Waals surface area contributed by atoms with E-state index >= 15 is 0 Å². The summed E-state index contributed by atoms with van der Waals surface area (Å²) in [6.07, 6.45) is 2.63. The van der Waals surface area contributed by atoms with Gasteiger partial charge >= 0.3 is 0 Å². The van der Waals surface area contributed by atoms with E-state index in [9.17, 15) is 4.79 Å². The Kier molecular flexibility index (Phi) is 7.15. The summed E-state index contributed by atoms with van der Waals surface area (Å²) in [5.41, 5.74) is 6.94. The van der Waals surface area contributed by atoms with E-state index in [1.54, 1.807) is 7.11 Å². The SMILES string of the molecule is COC(C(=O)N1CCCCC1C(C)N)c1ccccc1.Cl. The summed E-state index contributed by atoms with van der Waals surface area (Å²) >= 11 is 0. The molecule has 2 N–H and O–H groups in total. The predicted molar refractivity (Wildman–Crippen MR) is 86.4 cm³/mol. The van der Waals surface area contributed by atoms with Gasteiger partial charge in [0.05, 0.1) is 0 Å². The number of piperidine rings is 1. The van der Waals surface area contributed by atoms with Crippen LogP contribution >= 0.6 is 12.4 Å². The minimum Gasteiger partial charge on any atom is -0.367 e. The van der Waals surface area contributed by atoms with Gasteiger partial charge in [0.25, 0.3) is 5.91 Å². The number of hydrogen-bond acceptors (Lipinski definition) is 3. The van der Waals surface area contributed by atoms with Crippen molar-refractivity contribution >= 4 is 18.3 Å². The number of benzene rings is 1. The zero-order valence-corrected chi connectivity index (χ0v) is 13.5. The van der Waals surface area contributed by atoms with E-state index in [2.05, 4.69) is 0 Å². The molecule has 1 fully saturated rings. The Morgan fingerprint density at radius 2 is 2.00 bits per heavy atom. The molecule has 2 rings (SSSR count). The number of carbonyl (C=O) groups is 1. The van der Waals surface area contributed by atoms with Crippen molar-refractivity contribution < 1.29 is 9.53 Å². The van der Waals surface area contributed by atoms with Gasteiger partial charge in [0.2, 0.25) is 0 Å². The topological polar surface area (TPSA) is 55.6 Å². The fraction of sp³-hybridized carbons (Fsp3) is 0.562. The fourth-order valence-electron chi connectivity index (χ4n) is 2.94. The first kappa shape index (κ1) is 18.0. The van der Waals surface area contributed by atoms with Crippen LogP contribution < -0.4 is 5.73 Å². The molecular weight excluding hydrogens is 288 g/mol. The van der Waals surface area contributed by atoms with Gasteiger partial charge in [-0.05, 0) is 31.7 Å². The molecule has 0 spiro atoms. The molecular formula is C16H25ClN2O2. The second-order valence-corrected chi connectivity index (χ2v) is 5.48. The summed E-state index contributed by atoms with van der Waals surface area (Å²) in [6, 6.07) is 9.76. The molecule has 0 bridgehead atoms. The lowest BCUT2D eigenvalue weighted by Crippen LogP contribution is -2.53. The Hall–Kier alpha value is -1.10. The molecule has 0 aromatic heterocycles. The highest BCUT2D eigenvalue weighted by molar-refractivity contribution is 5.85. The molecule has 3 unspecified atom stereocenters. The Morgan fingerprint density at radius 1 is 1.33 bits per heavy atom. The summed E-state index contributed by atoms with van der Waals surface area (Å²) < 4.78 is 5.45. The van der Waals surface area contributed by atoms with E-state index in [-0.39, 0.29) is 30.4 Å². The van der Waals surface area contributed by atoms with Crippen LogP contribution in [0.25, 0.3) is 0 Å². The van der Waals surface area contributed by atoms with Gasteiger partial charge < -0.3 is 15.4 Å². The van der Waals surface area contributed by atoms with E-state index in [0.29, 0.717) is 0 Å². The van der Waals surface area contributed by atoms with Crippen LogP contribution in [-0.2, 0) is 9.53 Å². The number of halogens is 1. The number of rotatable bonds is 4. The van der Waals surface area contributed by atoms with Crippen molar-refractivity contribution in [2.24, 2.45) is 5.73 Å². The van der Waals surface area contributed by atoms with E-state index in [0.717, 1.165) is 31.4 Å². The van der Waals surface area contributed by atoms with Crippen molar-refractivity contribution in [1.82, 2.24) is 4.90 Å². The van der Waals surface area contributed by atoms with Gasteiger partial charge in [0.1, 0.15) is 0 Å². The van der Waals surface area contributed by atoms with Crippen molar-refractivity contribution in [3.05, 3.63) is 35.9 Å². The lowest BCUT2D eigenvalue weighted by molar-refractivity contribution is -0.146. The maximum Gasteiger partial charge on any atom is 0.256 e. The lowest BCUT2D eigenvalue weighted by atomic mass is 9.95. The highest BCUT2D eigenvalue weighted by Crippen LogP contribution is 2.25. The molecule has 0 radical (unpaired) electrons. The molecule has 3 atom stereocenters. The maximum atomic E-state index is 12.8. The quantitative estimate of drug-likeness (QED) is 0.929. The number of likely N-dealkylation sites (tertiary alicyclic amines) is 1. The minimum atomic E-state index is -0.532. The summed E-state index contributed by atoms with van der Waals surface area (Å²) in [5.74, 6) is 0.0284. The number of carbonyl (C=O) groups excluding carboxylic acids is 1. The number of amides is 1. The standard InChI is InChI=1S/C16H24N2O2.ClH/c1-12(17)14-10-6-7-11-18(14)16(19)15(20-2)13-8-4-3-5-9-13;/h3-5,8-9,12,14-15H,6-7,10-11,17H2,1-2H3;1H. The van der Waals surface area contributed by atoms with Crippen LogP contribution in [0.15, 0.2) is 30.3 Å². The van der Waals surface area contributed by atoms with Crippen molar-refractivity contribution in [2.45, 2.75) is 44.4 Å². The molecule has 4 nitrogen and oxygen atoms in total. The van der Waals surface area contributed by atoms with Gasteiger partial charge in [-0.2, -0.15) is 0 Å². The lowest BCUT2D eigenvalue weighted by Gasteiger charge is -2.39. The van der Waals surface area contributed by atoms with Crippen LogP contribution in [0.5, 0.6) is 0 Å². The van der Waals surface area contributed by atoms with Gasteiger partial charge in [-0.1, -0.05) is 30.3 Å². The van der Waals surface area contributed by atoms with E-state index in [1.165, 1.54) is 0 Å². The monoisotopic (exact) mass is 312 g/mol. The first-order valence-corrected chi connectivity index (χ1v) is 7.29. The number of ether oxygens (including phenoxy) is 1. The zero-order valence-electron chi connectivity index (χ0n) is 12.7. The second-order valence-electron chi connectivity index (χ2n) is 5.48. The smallest absolute Gasteiger partial charge is 0.256 e. The molecule has 0 saturated carbocycles. The average molecular weight is 313 g/mol. The molecule has 1 aromatic carbocycles. The summed E-state index contributed by atoms with van der Waals surface area (Å²) in [4.78, 5) is 14.7. The van der Waals surface area contributed by atoms with Crippen LogP contribution in [-0.4, -0.2) is 36.5 Å². The van der Waals surface area contributed by atoms with Crippen LogP contribution in [0.3, 0.4) is 0 Å². The second kappa shape index (κ2) is 8.37. The van der Waals surface area contributed by atoms with Crippen molar-refractivity contribution in [3.8, 4) is 0 Å².